The van der Waals surface area contributed by atoms with Gasteiger partial charge in [-0.05, 0) is 35.9 Å². The molecule has 1 amide bonds. The predicted octanol–water partition coefficient (Wildman–Crippen LogP) is 2.41. The average Bonchev–Trinajstić information content (AvgIpc) is 2.99. The average molecular weight is 254 g/mol. The summed E-state index contributed by atoms with van der Waals surface area (Å²) in [5.74, 6) is 0.330. The Morgan fingerprint density at radius 1 is 1.21 bits per heavy atom. The zero-order valence-electron chi connectivity index (χ0n) is 11.1. The van der Waals surface area contributed by atoms with Crippen molar-refractivity contribution in [3.8, 4) is 0 Å². The number of nitrogens with zero attached hydrogens (tertiary/aromatic N) is 1. The van der Waals surface area contributed by atoms with E-state index in [9.17, 15) is 4.79 Å². The summed E-state index contributed by atoms with van der Waals surface area (Å²) < 4.78 is 0. The number of hydrogen-bond acceptors (Lipinski definition) is 2. The van der Waals surface area contributed by atoms with E-state index in [1.54, 1.807) is 4.90 Å². The van der Waals surface area contributed by atoms with Gasteiger partial charge in [0.15, 0.2) is 0 Å². The van der Waals surface area contributed by atoms with Crippen molar-refractivity contribution >= 4 is 22.4 Å². The molecule has 19 heavy (non-hydrogen) atoms. The fourth-order valence-electron chi connectivity index (χ4n) is 2.65. The molecule has 0 saturated carbocycles. The van der Waals surface area contributed by atoms with Gasteiger partial charge in [0.1, 0.15) is 0 Å². The molecule has 1 N–H and O–H groups in total. The number of fused-ring (bicyclic) bond motifs is 1. The van der Waals surface area contributed by atoms with Gasteiger partial charge in [-0.25, -0.2) is 0 Å². The lowest BCUT2D eigenvalue weighted by Crippen LogP contribution is -2.33. The number of rotatable bonds is 2. The lowest BCUT2D eigenvalue weighted by molar-refractivity contribution is -0.121. The van der Waals surface area contributed by atoms with Crippen molar-refractivity contribution in [2.45, 2.75) is 6.42 Å². The van der Waals surface area contributed by atoms with Gasteiger partial charge in [-0.2, -0.15) is 0 Å². The smallest absolute Gasteiger partial charge is 0.231 e. The van der Waals surface area contributed by atoms with Crippen LogP contribution < -0.4 is 10.2 Å². The maximum absolute atomic E-state index is 12.4. The minimum absolute atomic E-state index is 0.122. The molecule has 2 aromatic rings. The van der Waals surface area contributed by atoms with Gasteiger partial charge < -0.3 is 10.2 Å². The summed E-state index contributed by atoms with van der Waals surface area (Å²) in [5.41, 5.74) is 0.968. The molecular weight excluding hydrogens is 236 g/mol. The van der Waals surface area contributed by atoms with Crippen LogP contribution in [0.1, 0.15) is 6.42 Å². The van der Waals surface area contributed by atoms with Crippen molar-refractivity contribution in [2.75, 3.05) is 25.0 Å². The SMILES string of the molecule is CN(C(=O)C1CCNC1)c1ccc2ccccc2c1. The summed E-state index contributed by atoms with van der Waals surface area (Å²) in [5, 5.41) is 5.62. The zero-order chi connectivity index (χ0) is 13.2. The normalized spacial score (nSPS) is 18.7. The Bertz CT molecular complexity index is 602. The van der Waals surface area contributed by atoms with E-state index in [4.69, 9.17) is 0 Å². The van der Waals surface area contributed by atoms with Crippen molar-refractivity contribution < 1.29 is 4.79 Å². The first kappa shape index (κ1) is 12.2. The summed E-state index contributed by atoms with van der Waals surface area (Å²) in [6.07, 6.45) is 0.941. The highest BCUT2D eigenvalue weighted by Gasteiger charge is 2.25. The van der Waals surface area contributed by atoms with E-state index in [0.29, 0.717) is 0 Å². The fourth-order valence-corrected chi connectivity index (χ4v) is 2.65. The van der Waals surface area contributed by atoms with Crippen LogP contribution in [0.2, 0.25) is 0 Å². The second kappa shape index (κ2) is 5.02. The molecule has 2 aromatic carbocycles. The summed E-state index contributed by atoms with van der Waals surface area (Å²) >= 11 is 0. The van der Waals surface area contributed by atoms with E-state index in [1.165, 1.54) is 10.8 Å². The van der Waals surface area contributed by atoms with E-state index in [1.807, 2.05) is 25.2 Å². The van der Waals surface area contributed by atoms with Gasteiger partial charge in [0.25, 0.3) is 0 Å². The lowest BCUT2D eigenvalue weighted by Gasteiger charge is -2.21. The standard InChI is InChI=1S/C16H18N2O/c1-18(16(19)14-8-9-17-11-14)15-7-6-12-4-2-3-5-13(12)10-15/h2-7,10,14,17H,8-9,11H2,1H3. The second-order valence-corrected chi connectivity index (χ2v) is 5.12. The molecule has 98 valence electrons. The van der Waals surface area contributed by atoms with Crippen LogP contribution in [0.4, 0.5) is 5.69 Å². The third-order valence-electron chi connectivity index (χ3n) is 3.86. The van der Waals surface area contributed by atoms with Crippen LogP contribution >= 0.6 is 0 Å². The van der Waals surface area contributed by atoms with Crippen LogP contribution in [0, 0.1) is 5.92 Å². The highest BCUT2D eigenvalue weighted by molar-refractivity contribution is 5.97. The molecule has 1 unspecified atom stereocenters. The molecule has 1 aliphatic rings. The number of hydrogen-bond donors (Lipinski definition) is 1. The Balaban J connectivity index is 1.88. The van der Waals surface area contributed by atoms with Gasteiger partial charge in [-0.3, -0.25) is 4.79 Å². The Hall–Kier alpha value is -1.87. The largest absolute Gasteiger partial charge is 0.316 e. The van der Waals surface area contributed by atoms with Crippen LogP contribution in [-0.2, 0) is 4.79 Å². The van der Waals surface area contributed by atoms with Crippen LogP contribution in [0.3, 0.4) is 0 Å². The number of amides is 1. The maximum Gasteiger partial charge on any atom is 0.231 e. The number of benzene rings is 2. The first-order chi connectivity index (χ1) is 9.25. The van der Waals surface area contributed by atoms with Crippen molar-refractivity contribution in [3.05, 3.63) is 42.5 Å². The molecule has 3 nitrogen and oxygen atoms in total. The van der Waals surface area contributed by atoms with Crippen molar-refractivity contribution in [1.82, 2.24) is 5.32 Å². The summed E-state index contributed by atoms with van der Waals surface area (Å²) in [6.45, 7) is 1.75. The summed E-state index contributed by atoms with van der Waals surface area (Å²) in [4.78, 5) is 14.1. The van der Waals surface area contributed by atoms with Crippen molar-refractivity contribution in [1.29, 1.82) is 0 Å². The monoisotopic (exact) mass is 254 g/mol. The molecule has 1 heterocycles. The highest BCUT2D eigenvalue weighted by Crippen LogP contribution is 2.23. The first-order valence-corrected chi connectivity index (χ1v) is 6.73. The Morgan fingerprint density at radius 3 is 2.74 bits per heavy atom. The number of nitrogens with one attached hydrogen (secondary N) is 1. The molecule has 0 radical (unpaired) electrons. The van der Waals surface area contributed by atoms with Crippen LogP contribution in [0.15, 0.2) is 42.5 Å². The molecule has 0 aromatic heterocycles. The van der Waals surface area contributed by atoms with Crippen LogP contribution in [-0.4, -0.2) is 26.0 Å². The molecule has 3 rings (SSSR count). The molecule has 0 spiro atoms. The van der Waals surface area contributed by atoms with Gasteiger partial charge >= 0.3 is 0 Å². The highest BCUT2D eigenvalue weighted by atomic mass is 16.2. The first-order valence-electron chi connectivity index (χ1n) is 6.73. The van der Waals surface area contributed by atoms with Gasteiger partial charge in [0.2, 0.25) is 5.91 Å². The second-order valence-electron chi connectivity index (χ2n) is 5.12. The summed E-state index contributed by atoms with van der Waals surface area (Å²) in [7, 11) is 1.87. The molecule has 1 aliphatic heterocycles. The lowest BCUT2D eigenvalue weighted by atomic mass is 10.1. The van der Waals surface area contributed by atoms with E-state index in [-0.39, 0.29) is 11.8 Å². The van der Waals surface area contributed by atoms with E-state index < -0.39 is 0 Å². The van der Waals surface area contributed by atoms with Gasteiger partial charge in [-0.1, -0.05) is 30.3 Å². The maximum atomic E-state index is 12.4. The number of carbonyl (C=O) groups excluding carboxylic acids is 1. The minimum atomic E-state index is 0.122. The molecular formula is C16H18N2O. The predicted molar refractivity (Wildman–Crippen MR) is 78.3 cm³/mol. The molecule has 3 heteroatoms. The van der Waals surface area contributed by atoms with E-state index in [2.05, 4.69) is 29.6 Å². The van der Waals surface area contributed by atoms with Gasteiger partial charge in [-0.15, -0.1) is 0 Å². The topological polar surface area (TPSA) is 32.3 Å². The summed E-state index contributed by atoms with van der Waals surface area (Å²) in [6, 6.07) is 14.4. The zero-order valence-corrected chi connectivity index (χ0v) is 11.1. The molecule has 1 fully saturated rings. The number of anilines is 1. The van der Waals surface area contributed by atoms with E-state index in [0.717, 1.165) is 25.2 Å². The van der Waals surface area contributed by atoms with E-state index >= 15 is 0 Å². The molecule has 1 saturated heterocycles. The molecule has 0 aliphatic carbocycles. The minimum Gasteiger partial charge on any atom is -0.316 e. The van der Waals surface area contributed by atoms with Crippen LogP contribution in [0.25, 0.3) is 10.8 Å². The van der Waals surface area contributed by atoms with Crippen LogP contribution in [0.5, 0.6) is 0 Å². The Morgan fingerprint density at radius 2 is 2.00 bits per heavy atom. The van der Waals surface area contributed by atoms with Crippen molar-refractivity contribution in [2.24, 2.45) is 5.92 Å². The third kappa shape index (κ3) is 2.34. The Labute approximate surface area is 113 Å². The fraction of sp³-hybridized carbons (Fsp3) is 0.312. The van der Waals surface area contributed by atoms with Gasteiger partial charge in [0.05, 0.1) is 5.92 Å². The van der Waals surface area contributed by atoms with Gasteiger partial charge in [0, 0.05) is 19.3 Å². The van der Waals surface area contributed by atoms with Crippen molar-refractivity contribution in [3.63, 3.8) is 0 Å². The molecule has 1 atom stereocenters. The number of carbonyl (C=O) groups is 1. The quantitative estimate of drug-likeness (QED) is 0.892. The third-order valence-corrected chi connectivity index (χ3v) is 3.86. The Kier molecular flexibility index (Phi) is 3.22. The molecule has 0 bridgehead atoms.